The van der Waals surface area contributed by atoms with Crippen LogP contribution in [-0.2, 0) is 17.7 Å². The van der Waals surface area contributed by atoms with Gasteiger partial charge in [-0.2, -0.15) is 0 Å². The van der Waals surface area contributed by atoms with Crippen molar-refractivity contribution in [3.8, 4) is 0 Å². The first-order valence-corrected chi connectivity index (χ1v) is 8.44. The third-order valence-electron chi connectivity index (χ3n) is 4.18. The molecule has 0 spiro atoms. The second-order valence-corrected chi connectivity index (χ2v) is 6.75. The molecule has 1 aliphatic heterocycles. The summed E-state index contributed by atoms with van der Waals surface area (Å²) in [6.45, 7) is 1.50. The fourth-order valence-electron chi connectivity index (χ4n) is 3.01. The number of hydrogen-bond donors (Lipinski definition) is 1. The first kappa shape index (κ1) is 14.9. The van der Waals surface area contributed by atoms with Crippen LogP contribution in [-0.4, -0.2) is 29.6 Å². The number of carbonyl (C=O) groups is 1. The number of rotatable bonds is 2. The number of pyridine rings is 1. The SMILES string of the molecule is COC(=O)c1cc(N2CCc3nc(N)sc3C2)nc2ccccc12. The second-order valence-electron chi connectivity index (χ2n) is 5.63. The number of anilines is 2. The lowest BCUT2D eigenvalue weighted by molar-refractivity contribution is 0.0603. The highest BCUT2D eigenvalue weighted by Crippen LogP contribution is 2.30. The van der Waals surface area contributed by atoms with E-state index in [9.17, 15) is 4.79 Å². The average Bonchev–Trinajstić information content (AvgIpc) is 2.99. The van der Waals surface area contributed by atoms with Gasteiger partial charge in [0.1, 0.15) is 5.82 Å². The van der Waals surface area contributed by atoms with E-state index in [0.717, 1.165) is 40.3 Å². The van der Waals surface area contributed by atoms with Gasteiger partial charge in [0.05, 0.1) is 30.4 Å². The number of fused-ring (bicyclic) bond motifs is 2. The quantitative estimate of drug-likeness (QED) is 0.722. The fourth-order valence-corrected chi connectivity index (χ4v) is 3.91. The molecule has 2 aromatic heterocycles. The topological polar surface area (TPSA) is 81.3 Å². The minimum atomic E-state index is -0.352. The van der Waals surface area contributed by atoms with Crippen LogP contribution < -0.4 is 10.6 Å². The number of nitrogens with two attached hydrogens (primary N) is 1. The molecule has 0 bridgehead atoms. The van der Waals surface area contributed by atoms with Crippen LogP contribution in [0.2, 0.25) is 0 Å². The molecule has 0 radical (unpaired) electrons. The molecule has 1 aromatic carbocycles. The number of para-hydroxylation sites is 1. The van der Waals surface area contributed by atoms with Crippen molar-refractivity contribution < 1.29 is 9.53 Å². The van der Waals surface area contributed by atoms with Gasteiger partial charge < -0.3 is 15.4 Å². The van der Waals surface area contributed by atoms with E-state index in [1.807, 2.05) is 30.3 Å². The van der Waals surface area contributed by atoms with Crippen LogP contribution in [0, 0.1) is 0 Å². The minimum absolute atomic E-state index is 0.352. The Morgan fingerprint density at radius 1 is 1.33 bits per heavy atom. The monoisotopic (exact) mass is 340 g/mol. The van der Waals surface area contributed by atoms with Gasteiger partial charge in [0.25, 0.3) is 0 Å². The van der Waals surface area contributed by atoms with E-state index in [2.05, 4.69) is 9.88 Å². The van der Waals surface area contributed by atoms with Gasteiger partial charge in [-0.05, 0) is 12.1 Å². The number of hydrogen-bond acceptors (Lipinski definition) is 7. The molecule has 0 aliphatic carbocycles. The van der Waals surface area contributed by atoms with Crippen LogP contribution in [0.15, 0.2) is 30.3 Å². The third-order valence-corrected chi connectivity index (χ3v) is 5.09. The number of methoxy groups -OCH3 is 1. The molecule has 0 saturated carbocycles. The molecule has 0 fully saturated rings. The third kappa shape index (κ3) is 2.46. The zero-order chi connectivity index (χ0) is 16.7. The summed E-state index contributed by atoms with van der Waals surface area (Å²) in [7, 11) is 1.39. The van der Waals surface area contributed by atoms with Crippen LogP contribution in [0.3, 0.4) is 0 Å². The number of aromatic nitrogens is 2. The van der Waals surface area contributed by atoms with Crippen molar-refractivity contribution >= 4 is 39.2 Å². The lowest BCUT2D eigenvalue weighted by atomic mass is 10.1. The summed E-state index contributed by atoms with van der Waals surface area (Å²) >= 11 is 1.51. The van der Waals surface area contributed by atoms with E-state index in [0.29, 0.717) is 17.2 Å². The number of esters is 1. The highest BCUT2D eigenvalue weighted by Gasteiger charge is 2.23. The molecule has 0 amide bonds. The van der Waals surface area contributed by atoms with Crippen LogP contribution in [0.25, 0.3) is 10.9 Å². The number of ether oxygens (including phenoxy) is 1. The van der Waals surface area contributed by atoms with E-state index in [1.54, 1.807) is 0 Å². The van der Waals surface area contributed by atoms with Gasteiger partial charge in [0.2, 0.25) is 0 Å². The van der Waals surface area contributed by atoms with Gasteiger partial charge in [-0.3, -0.25) is 0 Å². The molecule has 7 heteroatoms. The van der Waals surface area contributed by atoms with Gasteiger partial charge in [-0.25, -0.2) is 14.8 Å². The maximum Gasteiger partial charge on any atom is 0.338 e. The summed E-state index contributed by atoms with van der Waals surface area (Å²) in [6, 6.07) is 9.41. The Labute approximate surface area is 142 Å². The van der Waals surface area contributed by atoms with Crippen molar-refractivity contribution in [2.24, 2.45) is 0 Å². The Bertz CT molecular complexity index is 937. The van der Waals surface area contributed by atoms with Gasteiger partial charge in [-0.1, -0.05) is 18.2 Å². The molecule has 3 aromatic rings. The Kier molecular flexibility index (Phi) is 3.57. The molecule has 24 heavy (non-hydrogen) atoms. The molecule has 6 nitrogen and oxygen atoms in total. The zero-order valence-corrected chi connectivity index (χ0v) is 14.0. The van der Waals surface area contributed by atoms with Crippen molar-refractivity contribution in [1.82, 2.24) is 9.97 Å². The molecule has 1 aliphatic rings. The van der Waals surface area contributed by atoms with E-state index in [-0.39, 0.29) is 5.97 Å². The predicted molar refractivity (Wildman–Crippen MR) is 94.4 cm³/mol. The summed E-state index contributed by atoms with van der Waals surface area (Å²) in [6.07, 6.45) is 0.825. The summed E-state index contributed by atoms with van der Waals surface area (Å²) in [5.41, 5.74) is 8.20. The van der Waals surface area contributed by atoms with Crippen LogP contribution >= 0.6 is 11.3 Å². The number of carbonyl (C=O) groups excluding carboxylic acids is 1. The standard InChI is InChI=1S/C17H16N4O2S/c1-23-16(22)11-8-15(19-12-5-3-2-4-10(11)12)21-7-6-13-14(9-21)24-17(18)20-13/h2-5,8H,6-7,9H2,1H3,(H2,18,20). The second kappa shape index (κ2) is 5.76. The summed E-state index contributed by atoms with van der Waals surface area (Å²) < 4.78 is 4.94. The Morgan fingerprint density at radius 2 is 2.17 bits per heavy atom. The molecule has 3 heterocycles. The van der Waals surface area contributed by atoms with Gasteiger partial charge >= 0.3 is 5.97 Å². The first-order chi connectivity index (χ1) is 11.7. The molecule has 0 unspecified atom stereocenters. The van der Waals surface area contributed by atoms with Gasteiger partial charge in [-0.15, -0.1) is 11.3 Å². The molecule has 0 saturated heterocycles. The smallest absolute Gasteiger partial charge is 0.338 e. The summed E-state index contributed by atoms with van der Waals surface area (Å²) in [5.74, 6) is 0.418. The summed E-state index contributed by atoms with van der Waals surface area (Å²) in [5, 5.41) is 1.40. The highest BCUT2D eigenvalue weighted by atomic mass is 32.1. The predicted octanol–water partition coefficient (Wildman–Crippen LogP) is 2.62. The normalized spacial score (nSPS) is 13.8. The molecule has 2 N–H and O–H groups in total. The van der Waals surface area contributed by atoms with Crippen molar-refractivity contribution in [3.05, 3.63) is 46.5 Å². The lowest BCUT2D eigenvalue weighted by Gasteiger charge is -2.27. The maximum atomic E-state index is 12.2. The number of thiazole rings is 1. The van der Waals surface area contributed by atoms with E-state index in [1.165, 1.54) is 18.4 Å². The van der Waals surface area contributed by atoms with E-state index in [4.69, 9.17) is 15.5 Å². The zero-order valence-electron chi connectivity index (χ0n) is 13.2. The van der Waals surface area contributed by atoms with E-state index >= 15 is 0 Å². The maximum absolute atomic E-state index is 12.2. The number of nitrogen functional groups attached to an aromatic ring is 1. The molecule has 122 valence electrons. The molecule has 0 atom stereocenters. The Balaban J connectivity index is 1.78. The van der Waals surface area contributed by atoms with Crippen molar-refractivity contribution in [3.63, 3.8) is 0 Å². The minimum Gasteiger partial charge on any atom is -0.465 e. The van der Waals surface area contributed by atoms with Crippen molar-refractivity contribution in [2.75, 3.05) is 24.3 Å². The van der Waals surface area contributed by atoms with Crippen molar-refractivity contribution in [2.45, 2.75) is 13.0 Å². The Morgan fingerprint density at radius 3 is 3.00 bits per heavy atom. The number of benzene rings is 1. The van der Waals surface area contributed by atoms with Gasteiger partial charge in [0.15, 0.2) is 5.13 Å². The van der Waals surface area contributed by atoms with E-state index < -0.39 is 0 Å². The largest absolute Gasteiger partial charge is 0.465 e. The van der Waals surface area contributed by atoms with Crippen molar-refractivity contribution in [1.29, 1.82) is 0 Å². The molecule has 4 rings (SSSR count). The highest BCUT2D eigenvalue weighted by molar-refractivity contribution is 7.15. The average molecular weight is 340 g/mol. The fraction of sp³-hybridized carbons (Fsp3) is 0.235. The first-order valence-electron chi connectivity index (χ1n) is 7.63. The molecular formula is C17H16N4O2S. The Hall–Kier alpha value is -2.67. The summed E-state index contributed by atoms with van der Waals surface area (Å²) in [4.78, 5) is 24.6. The van der Waals surface area contributed by atoms with Gasteiger partial charge in [0, 0.05) is 23.2 Å². The van der Waals surface area contributed by atoms with Crippen LogP contribution in [0.1, 0.15) is 20.9 Å². The van der Waals surface area contributed by atoms with Crippen LogP contribution in [0.4, 0.5) is 10.9 Å². The van der Waals surface area contributed by atoms with Crippen LogP contribution in [0.5, 0.6) is 0 Å². The number of nitrogens with zero attached hydrogens (tertiary/aromatic N) is 3. The molecular weight excluding hydrogens is 324 g/mol. The lowest BCUT2D eigenvalue weighted by Crippen LogP contribution is -2.30.